The van der Waals surface area contributed by atoms with Gasteiger partial charge < -0.3 is 5.32 Å². The van der Waals surface area contributed by atoms with E-state index in [1.165, 1.54) is 0 Å². The molecule has 1 saturated heterocycles. The second-order valence-electron chi connectivity index (χ2n) is 5.30. The standard InChI is InChI=1S/C15H22N2O/c1-3-6-15(7-9-16-10-8-15)14(18)13-5-4-12(2)17-11-13/h4-5,11,16H,3,6-10H2,1-2H3. The number of pyridine rings is 1. The Bertz CT molecular complexity index is 399. The van der Waals surface area contributed by atoms with Crippen molar-refractivity contribution in [2.45, 2.75) is 39.5 Å². The molecule has 0 unspecified atom stereocenters. The zero-order valence-electron chi connectivity index (χ0n) is 11.3. The lowest BCUT2D eigenvalue weighted by atomic mass is 9.70. The molecule has 1 aromatic heterocycles. The maximum Gasteiger partial charge on any atom is 0.170 e. The summed E-state index contributed by atoms with van der Waals surface area (Å²) in [5, 5.41) is 3.35. The summed E-state index contributed by atoms with van der Waals surface area (Å²) in [6, 6.07) is 3.85. The van der Waals surface area contributed by atoms with Crippen LogP contribution < -0.4 is 5.32 Å². The van der Waals surface area contributed by atoms with Crippen LogP contribution in [0.5, 0.6) is 0 Å². The summed E-state index contributed by atoms with van der Waals surface area (Å²) < 4.78 is 0. The summed E-state index contributed by atoms with van der Waals surface area (Å²) in [6.07, 6.45) is 5.69. The zero-order chi connectivity index (χ0) is 13.0. The monoisotopic (exact) mass is 246 g/mol. The van der Waals surface area contributed by atoms with Crippen molar-refractivity contribution in [1.82, 2.24) is 10.3 Å². The van der Waals surface area contributed by atoms with Gasteiger partial charge in [-0.1, -0.05) is 13.3 Å². The summed E-state index contributed by atoms with van der Waals surface area (Å²) in [5.41, 5.74) is 1.58. The van der Waals surface area contributed by atoms with Gasteiger partial charge in [-0.15, -0.1) is 0 Å². The summed E-state index contributed by atoms with van der Waals surface area (Å²) >= 11 is 0. The number of carbonyl (C=O) groups is 1. The van der Waals surface area contributed by atoms with E-state index in [0.717, 1.165) is 50.0 Å². The van der Waals surface area contributed by atoms with Crippen LogP contribution in [0.1, 0.15) is 48.7 Å². The number of hydrogen-bond donors (Lipinski definition) is 1. The number of Topliss-reactive ketones (excluding diaryl/α,β-unsaturated/α-hetero) is 1. The Kier molecular flexibility index (Phi) is 4.12. The second kappa shape index (κ2) is 5.61. The van der Waals surface area contributed by atoms with E-state index >= 15 is 0 Å². The largest absolute Gasteiger partial charge is 0.317 e. The molecule has 1 aromatic rings. The van der Waals surface area contributed by atoms with Crippen molar-refractivity contribution >= 4 is 5.78 Å². The zero-order valence-corrected chi connectivity index (χ0v) is 11.3. The number of hydrogen-bond acceptors (Lipinski definition) is 3. The molecule has 18 heavy (non-hydrogen) atoms. The first-order valence-corrected chi connectivity index (χ1v) is 6.86. The van der Waals surface area contributed by atoms with Crippen molar-refractivity contribution in [1.29, 1.82) is 0 Å². The maximum absolute atomic E-state index is 12.8. The van der Waals surface area contributed by atoms with Crippen molar-refractivity contribution < 1.29 is 4.79 Å². The van der Waals surface area contributed by atoms with Gasteiger partial charge in [0, 0.05) is 22.9 Å². The van der Waals surface area contributed by atoms with Gasteiger partial charge in [0.05, 0.1) is 0 Å². The summed E-state index contributed by atoms with van der Waals surface area (Å²) in [4.78, 5) is 17.0. The number of aromatic nitrogens is 1. The molecule has 0 saturated carbocycles. The number of aryl methyl sites for hydroxylation is 1. The van der Waals surface area contributed by atoms with Crippen LogP contribution in [-0.2, 0) is 0 Å². The molecular formula is C15H22N2O. The van der Waals surface area contributed by atoms with Crippen molar-refractivity contribution in [3.63, 3.8) is 0 Å². The minimum absolute atomic E-state index is 0.156. The number of nitrogens with zero attached hydrogens (tertiary/aromatic N) is 1. The normalized spacial score (nSPS) is 18.6. The van der Waals surface area contributed by atoms with E-state index in [0.29, 0.717) is 5.78 Å². The molecular weight excluding hydrogens is 224 g/mol. The van der Waals surface area contributed by atoms with Crippen LogP contribution in [0.3, 0.4) is 0 Å². The van der Waals surface area contributed by atoms with Gasteiger partial charge in [-0.2, -0.15) is 0 Å². The third-order valence-electron chi connectivity index (χ3n) is 3.94. The molecule has 3 nitrogen and oxygen atoms in total. The van der Waals surface area contributed by atoms with Crippen LogP contribution in [0.15, 0.2) is 18.3 Å². The van der Waals surface area contributed by atoms with E-state index in [9.17, 15) is 4.79 Å². The van der Waals surface area contributed by atoms with Crippen LogP contribution in [0, 0.1) is 12.3 Å². The summed E-state index contributed by atoms with van der Waals surface area (Å²) in [6.45, 7) is 6.00. The van der Waals surface area contributed by atoms with Gasteiger partial charge in [-0.25, -0.2) is 0 Å². The summed E-state index contributed by atoms with van der Waals surface area (Å²) in [7, 11) is 0. The van der Waals surface area contributed by atoms with Crippen LogP contribution in [0.2, 0.25) is 0 Å². The molecule has 0 radical (unpaired) electrons. The van der Waals surface area contributed by atoms with E-state index in [2.05, 4.69) is 17.2 Å². The van der Waals surface area contributed by atoms with Crippen molar-refractivity contribution in [2.24, 2.45) is 5.41 Å². The van der Waals surface area contributed by atoms with E-state index in [-0.39, 0.29) is 5.41 Å². The number of nitrogens with one attached hydrogen (secondary N) is 1. The molecule has 1 N–H and O–H groups in total. The fourth-order valence-electron chi connectivity index (χ4n) is 2.88. The Hall–Kier alpha value is -1.22. The predicted octanol–water partition coefficient (Wildman–Crippen LogP) is 2.74. The van der Waals surface area contributed by atoms with E-state index in [1.807, 2.05) is 19.1 Å². The SMILES string of the molecule is CCCC1(C(=O)c2ccc(C)nc2)CCNCC1. The first-order valence-electron chi connectivity index (χ1n) is 6.86. The molecule has 1 aliphatic heterocycles. The Labute approximate surface area is 109 Å². The van der Waals surface area contributed by atoms with Crippen molar-refractivity contribution in [2.75, 3.05) is 13.1 Å². The van der Waals surface area contributed by atoms with E-state index in [4.69, 9.17) is 0 Å². The van der Waals surface area contributed by atoms with Crippen LogP contribution in [0.25, 0.3) is 0 Å². The first kappa shape index (κ1) is 13.2. The van der Waals surface area contributed by atoms with Gasteiger partial charge in [0.2, 0.25) is 0 Å². The molecule has 0 aromatic carbocycles. The van der Waals surface area contributed by atoms with Crippen LogP contribution >= 0.6 is 0 Å². The lowest BCUT2D eigenvalue weighted by molar-refractivity contribution is 0.0704. The topological polar surface area (TPSA) is 42.0 Å². The molecule has 98 valence electrons. The fraction of sp³-hybridized carbons (Fsp3) is 0.600. The minimum Gasteiger partial charge on any atom is -0.317 e. The van der Waals surface area contributed by atoms with Gasteiger partial charge in [0.1, 0.15) is 0 Å². The lowest BCUT2D eigenvalue weighted by Gasteiger charge is -2.36. The number of ketones is 1. The first-order chi connectivity index (χ1) is 8.68. The third kappa shape index (κ3) is 2.61. The summed E-state index contributed by atoms with van der Waals surface area (Å²) in [5.74, 6) is 0.290. The maximum atomic E-state index is 12.8. The Morgan fingerprint density at radius 1 is 1.39 bits per heavy atom. The van der Waals surface area contributed by atoms with E-state index in [1.54, 1.807) is 6.20 Å². The van der Waals surface area contributed by atoms with Crippen molar-refractivity contribution in [3.8, 4) is 0 Å². The highest BCUT2D eigenvalue weighted by atomic mass is 16.1. The molecule has 2 rings (SSSR count). The molecule has 0 atom stereocenters. The number of carbonyl (C=O) groups excluding carboxylic acids is 1. The number of piperidine rings is 1. The molecule has 0 amide bonds. The van der Waals surface area contributed by atoms with Crippen LogP contribution in [0.4, 0.5) is 0 Å². The Morgan fingerprint density at radius 3 is 2.67 bits per heavy atom. The van der Waals surface area contributed by atoms with Gasteiger partial charge in [0.15, 0.2) is 5.78 Å². The molecule has 0 spiro atoms. The average Bonchev–Trinajstić information content (AvgIpc) is 2.40. The highest BCUT2D eigenvalue weighted by Gasteiger charge is 2.38. The molecule has 1 fully saturated rings. The highest BCUT2D eigenvalue weighted by molar-refractivity contribution is 6.00. The second-order valence-corrected chi connectivity index (χ2v) is 5.30. The molecule has 0 bridgehead atoms. The third-order valence-corrected chi connectivity index (χ3v) is 3.94. The fourth-order valence-corrected chi connectivity index (χ4v) is 2.88. The van der Waals surface area contributed by atoms with Gasteiger partial charge in [-0.05, 0) is 51.4 Å². The predicted molar refractivity (Wildman–Crippen MR) is 72.7 cm³/mol. The Balaban J connectivity index is 2.24. The highest BCUT2D eigenvalue weighted by Crippen LogP contribution is 2.37. The lowest BCUT2D eigenvalue weighted by Crippen LogP contribution is -2.42. The van der Waals surface area contributed by atoms with Crippen molar-refractivity contribution in [3.05, 3.63) is 29.6 Å². The molecule has 1 aliphatic rings. The average molecular weight is 246 g/mol. The molecule has 0 aliphatic carbocycles. The Morgan fingerprint density at radius 2 is 2.11 bits per heavy atom. The van der Waals surface area contributed by atoms with Crippen LogP contribution in [-0.4, -0.2) is 23.9 Å². The molecule has 3 heteroatoms. The molecule has 2 heterocycles. The quantitative estimate of drug-likeness (QED) is 0.831. The van der Waals surface area contributed by atoms with Gasteiger partial charge >= 0.3 is 0 Å². The smallest absolute Gasteiger partial charge is 0.170 e. The minimum atomic E-state index is -0.156. The number of rotatable bonds is 4. The van der Waals surface area contributed by atoms with E-state index < -0.39 is 0 Å². The van der Waals surface area contributed by atoms with Gasteiger partial charge in [-0.3, -0.25) is 9.78 Å². The van der Waals surface area contributed by atoms with Gasteiger partial charge in [0.25, 0.3) is 0 Å².